The number of carbonyl (C=O) groups excluding carboxylic acids is 2. The molecule has 2 amide bonds. The molecule has 0 aliphatic carbocycles. The van der Waals surface area contributed by atoms with Crippen LogP contribution in [0.5, 0.6) is 11.5 Å². The molecule has 0 unspecified atom stereocenters. The molecule has 0 bridgehead atoms. The van der Waals surface area contributed by atoms with Crippen molar-refractivity contribution in [2.75, 3.05) is 25.1 Å². The van der Waals surface area contributed by atoms with Gasteiger partial charge in [0.05, 0.1) is 31.8 Å². The molecule has 30 heavy (non-hydrogen) atoms. The molecule has 0 aliphatic rings. The molecule has 2 aromatic carbocycles. The van der Waals surface area contributed by atoms with Gasteiger partial charge in [0.2, 0.25) is 5.91 Å². The van der Waals surface area contributed by atoms with Crippen LogP contribution in [0.15, 0.2) is 42.5 Å². The molecule has 2 rings (SSSR count). The van der Waals surface area contributed by atoms with E-state index < -0.39 is 5.54 Å². The normalized spacial score (nSPS) is 11.0. The van der Waals surface area contributed by atoms with Crippen LogP contribution in [0.3, 0.4) is 0 Å². The van der Waals surface area contributed by atoms with Gasteiger partial charge in [0.25, 0.3) is 5.91 Å². The van der Waals surface area contributed by atoms with Crippen molar-refractivity contribution in [3.8, 4) is 11.5 Å². The van der Waals surface area contributed by atoms with Gasteiger partial charge in [0.15, 0.2) is 11.5 Å². The first-order chi connectivity index (χ1) is 14.3. The van der Waals surface area contributed by atoms with Crippen molar-refractivity contribution in [3.05, 3.63) is 53.6 Å². The number of aliphatic hydroxyl groups excluding tert-OH is 1. The summed E-state index contributed by atoms with van der Waals surface area (Å²) in [5, 5.41) is 14.9. The molecule has 7 heteroatoms. The van der Waals surface area contributed by atoms with Crippen LogP contribution in [0.1, 0.15) is 43.6 Å². The fraction of sp³-hybridized carbons (Fsp3) is 0.391. The molecule has 0 fully saturated rings. The summed E-state index contributed by atoms with van der Waals surface area (Å²) in [6.45, 7) is 8.10. The van der Waals surface area contributed by atoms with Gasteiger partial charge in [-0.15, -0.1) is 0 Å². The third kappa shape index (κ3) is 6.77. The second-order valence-electron chi connectivity index (χ2n) is 7.45. The maximum Gasteiger partial charge on any atom is 0.255 e. The van der Waals surface area contributed by atoms with Crippen molar-refractivity contribution < 1.29 is 24.2 Å². The Hall–Kier alpha value is -3.06. The van der Waals surface area contributed by atoms with E-state index in [1.165, 1.54) is 0 Å². The molecule has 7 nitrogen and oxygen atoms in total. The molecule has 3 N–H and O–H groups in total. The summed E-state index contributed by atoms with van der Waals surface area (Å²) in [5.74, 6) is 0.680. The summed E-state index contributed by atoms with van der Waals surface area (Å²) in [4.78, 5) is 24.7. The minimum absolute atomic E-state index is 0.139. The zero-order chi connectivity index (χ0) is 22.1. The minimum atomic E-state index is -0.664. The predicted octanol–water partition coefficient (Wildman–Crippen LogP) is 3.17. The van der Waals surface area contributed by atoms with Crippen molar-refractivity contribution in [3.63, 3.8) is 0 Å². The van der Waals surface area contributed by atoms with E-state index >= 15 is 0 Å². The highest BCUT2D eigenvalue weighted by atomic mass is 16.5. The van der Waals surface area contributed by atoms with Gasteiger partial charge in [0, 0.05) is 11.3 Å². The number of aliphatic hydroxyl groups is 1. The standard InChI is InChI=1S/C23H30N2O5/c1-5-29-19-12-9-17(14-20(19)30-6-2)22(28)24-18-10-7-16(8-11-18)13-21(27)25-23(3,4)15-26/h7-12,14,26H,5-6,13,15H2,1-4H3,(H,24,28)(H,25,27). The molecule has 0 spiro atoms. The lowest BCUT2D eigenvalue weighted by Crippen LogP contribution is -2.46. The van der Waals surface area contributed by atoms with E-state index in [4.69, 9.17) is 9.47 Å². The van der Waals surface area contributed by atoms with Crippen molar-refractivity contribution in [2.24, 2.45) is 0 Å². The van der Waals surface area contributed by atoms with Crippen LogP contribution < -0.4 is 20.1 Å². The van der Waals surface area contributed by atoms with Crippen LogP contribution >= 0.6 is 0 Å². The van der Waals surface area contributed by atoms with Crippen LogP contribution in [0, 0.1) is 0 Å². The summed E-state index contributed by atoms with van der Waals surface area (Å²) in [5.41, 5.74) is 1.21. The Morgan fingerprint density at radius 2 is 1.60 bits per heavy atom. The van der Waals surface area contributed by atoms with E-state index in [1.807, 2.05) is 13.8 Å². The average molecular weight is 415 g/mol. The number of carbonyl (C=O) groups is 2. The zero-order valence-electron chi connectivity index (χ0n) is 18.0. The SMILES string of the molecule is CCOc1ccc(C(=O)Nc2ccc(CC(=O)NC(C)(C)CO)cc2)cc1OCC. The fourth-order valence-corrected chi connectivity index (χ4v) is 2.75. The number of hydrogen-bond donors (Lipinski definition) is 3. The van der Waals surface area contributed by atoms with Crippen LogP contribution in [-0.4, -0.2) is 42.3 Å². The van der Waals surface area contributed by atoms with Gasteiger partial charge in [-0.05, 0) is 63.6 Å². The van der Waals surface area contributed by atoms with Crippen LogP contribution in [0.4, 0.5) is 5.69 Å². The van der Waals surface area contributed by atoms with E-state index in [-0.39, 0.29) is 24.8 Å². The lowest BCUT2D eigenvalue weighted by atomic mass is 10.1. The van der Waals surface area contributed by atoms with Gasteiger partial charge in [0.1, 0.15) is 0 Å². The van der Waals surface area contributed by atoms with E-state index in [9.17, 15) is 14.7 Å². The van der Waals surface area contributed by atoms with Crippen molar-refractivity contribution in [2.45, 2.75) is 39.7 Å². The molecule has 0 aromatic heterocycles. The minimum Gasteiger partial charge on any atom is -0.490 e. The number of nitrogens with one attached hydrogen (secondary N) is 2. The Balaban J connectivity index is 2.02. The second kappa shape index (κ2) is 10.6. The van der Waals surface area contributed by atoms with Crippen molar-refractivity contribution in [1.29, 1.82) is 0 Å². The summed E-state index contributed by atoms with van der Waals surface area (Å²) >= 11 is 0. The monoisotopic (exact) mass is 414 g/mol. The first kappa shape index (κ1) is 23.2. The molecular formula is C23H30N2O5. The molecule has 2 aromatic rings. The van der Waals surface area contributed by atoms with E-state index in [0.717, 1.165) is 5.56 Å². The number of rotatable bonds is 10. The Morgan fingerprint density at radius 3 is 2.20 bits per heavy atom. The fourth-order valence-electron chi connectivity index (χ4n) is 2.75. The van der Waals surface area contributed by atoms with Gasteiger partial charge < -0.3 is 25.2 Å². The second-order valence-corrected chi connectivity index (χ2v) is 7.45. The Morgan fingerprint density at radius 1 is 0.967 bits per heavy atom. The van der Waals surface area contributed by atoms with E-state index in [0.29, 0.717) is 36.0 Å². The molecule has 0 heterocycles. The lowest BCUT2D eigenvalue weighted by Gasteiger charge is -2.23. The molecule has 0 aliphatic heterocycles. The number of ether oxygens (including phenoxy) is 2. The van der Waals surface area contributed by atoms with Crippen LogP contribution in [0.25, 0.3) is 0 Å². The molecule has 0 saturated carbocycles. The molecular weight excluding hydrogens is 384 g/mol. The van der Waals surface area contributed by atoms with Gasteiger partial charge >= 0.3 is 0 Å². The Bertz CT molecular complexity index is 862. The number of amides is 2. The number of anilines is 1. The first-order valence-corrected chi connectivity index (χ1v) is 9.99. The van der Waals surface area contributed by atoms with Crippen LogP contribution in [-0.2, 0) is 11.2 Å². The maximum absolute atomic E-state index is 12.6. The Kier molecular flexibility index (Phi) is 8.24. The number of benzene rings is 2. The topological polar surface area (TPSA) is 96.9 Å². The van der Waals surface area contributed by atoms with Gasteiger partial charge in [-0.1, -0.05) is 12.1 Å². The van der Waals surface area contributed by atoms with Crippen molar-refractivity contribution in [1.82, 2.24) is 5.32 Å². The quantitative estimate of drug-likeness (QED) is 0.555. The molecule has 162 valence electrons. The summed E-state index contributed by atoms with van der Waals surface area (Å²) in [6.07, 6.45) is 0.189. The third-order valence-electron chi connectivity index (χ3n) is 4.26. The molecule has 0 radical (unpaired) electrons. The van der Waals surface area contributed by atoms with Gasteiger partial charge in [-0.25, -0.2) is 0 Å². The Labute approximate surface area is 177 Å². The lowest BCUT2D eigenvalue weighted by molar-refractivity contribution is -0.122. The average Bonchev–Trinajstić information content (AvgIpc) is 2.70. The zero-order valence-corrected chi connectivity index (χ0v) is 18.0. The third-order valence-corrected chi connectivity index (χ3v) is 4.26. The highest BCUT2D eigenvalue weighted by Crippen LogP contribution is 2.29. The first-order valence-electron chi connectivity index (χ1n) is 9.99. The van der Waals surface area contributed by atoms with Gasteiger partial charge in [-0.3, -0.25) is 9.59 Å². The van der Waals surface area contributed by atoms with E-state index in [1.54, 1.807) is 56.3 Å². The van der Waals surface area contributed by atoms with E-state index in [2.05, 4.69) is 10.6 Å². The van der Waals surface area contributed by atoms with Crippen LogP contribution in [0.2, 0.25) is 0 Å². The maximum atomic E-state index is 12.6. The highest BCUT2D eigenvalue weighted by Gasteiger charge is 2.19. The van der Waals surface area contributed by atoms with Gasteiger partial charge in [-0.2, -0.15) is 0 Å². The summed E-state index contributed by atoms with van der Waals surface area (Å²) in [7, 11) is 0. The molecule has 0 atom stereocenters. The summed E-state index contributed by atoms with van der Waals surface area (Å²) < 4.78 is 11.1. The largest absolute Gasteiger partial charge is 0.490 e. The predicted molar refractivity (Wildman–Crippen MR) is 116 cm³/mol. The van der Waals surface area contributed by atoms with Crippen molar-refractivity contribution >= 4 is 17.5 Å². The smallest absolute Gasteiger partial charge is 0.255 e. The number of hydrogen-bond acceptors (Lipinski definition) is 5. The summed E-state index contributed by atoms with van der Waals surface area (Å²) in [6, 6.07) is 12.1. The highest BCUT2D eigenvalue weighted by molar-refractivity contribution is 6.04. The molecule has 0 saturated heterocycles.